The summed E-state index contributed by atoms with van der Waals surface area (Å²) in [5.74, 6) is -1.78. The number of likely N-dealkylation sites (tertiary alicyclic amines) is 1. The molecule has 3 amide bonds. The van der Waals surface area contributed by atoms with Crippen LogP contribution in [0.2, 0.25) is 0 Å². The minimum atomic E-state index is -1.22. The van der Waals surface area contributed by atoms with Crippen molar-refractivity contribution in [3.63, 3.8) is 0 Å². The molecule has 10 heteroatoms. The highest BCUT2D eigenvalue weighted by Crippen LogP contribution is 2.61. The van der Waals surface area contributed by atoms with Crippen molar-refractivity contribution in [3.05, 3.63) is 30.3 Å². The Hall–Kier alpha value is -2.85. The molecule has 33 heavy (non-hydrogen) atoms. The van der Waals surface area contributed by atoms with Crippen molar-refractivity contribution < 1.29 is 29.4 Å². The van der Waals surface area contributed by atoms with Crippen LogP contribution in [0.25, 0.3) is 0 Å². The Morgan fingerprint density at radius 1 is 1.12 bits per heavy atom. The van der Waals surface area contributed by atoms with E-state index in [1.54, 1.807) is 17.5 Å². The first-order chi connectivity index (χ1) is 15.9. The lowest BCUT2D eigenvalue weighted by molar-refractivity contribution is -0.150. The molecule has 180 valence electrons. The largest absolute Gasteiger partial charge is 0.465 e. The number of anilines is 1. The van der Waals surface area contributed by atoms with E-state index in [4.69, 9.17) is 4.74 Å². The summed E-state index contributed by atoms with van der Waals surface area (Å²) in [5, 5.41) is 19.3. The number of hydroxylamine groups is 1. The molecule has 1 aromatic rings. The van der Waals surface area contributed by atoms with Crippen molar-refractivity contribution in [2.45, 2.75) is 25.3 Å². The smallest absolute Gasteiger partial charge is 0.408 e. The van der Waals surface area contributed by atoms with Crippen molar-refractivity contribution >= 4 is 23.6 Å². The number of methoxy groups -OCH3 is 1. The number of piperazine rings is 1. The topological polar surface area (TPSA) is 123 Å². The average molecular weight is 461 g/mol. The third-order valence-electron chi connectivity index (χ3n) is 7.52. The van der Waals surface area contributed by atoms with E-state index in [9.17, 15) is 24.7 Å². The molecule has 3 aliphatic rings. The lowest BCUT2D eigenvalue weighted by Crippen LogP contribution is -2.63. The summed E-state index contributed by atoms with van der Waals surface area (Å²) in [5.41, 5.74) is 2.40. The van der Waals surface area contributed by atoms with Gasteiger partial charge in [-0.05, 0) is 42.7 Å². The summed E-state index contributed by atoms with van der Waals surface area (Å²) in [6.07, 6.45) is 0.713. The van der Waals surface area contributed by atoms with Crippen molar-refractivity contribution in [3.8, 4) is 0 Å². The van der Waals surface area contributed by atoms with E-state index in [0.717, 1.165) is 23.4 Å². The standard InChI is InChI=1S/C23H32N4O6/c1-33-12-7-16-13-23(16)14-18(20(28)24-32)19(27(15-23)22(30)31)21(29)26-10-8-25(9-11-26)17-5-3-2-4-6-17/h2-6,16,18-19,32H,7-15H2,1H3,(H,24,28)(H,30,31)/t16?,18-,19-,23?/m0/s1. The molecule has 1 aliphatic carbocycles. The van der Waals surface area contributed by atoms with Crippen LogP contribution in [0.4, 0.5) is 10.5 Å². The van der Waals surface area contributed by atoms with E-state index in [0.29, 0.717) is 39.2 Å². The molecular formula is C23H32N4O6. The molecule has 0 aromatic heterocycles. The number of ether oxygens (including phenoxy) is 1. The van der Waals surface area contributed by atoms with Gasteiger partial charge in [-0.25, -0.2) is 10.3 Å². The summed E-state index contributed by atoms with van der Waals surface area (Å²) >= 11 is 0. The predicted molar refractivity (Wildman–Crippen MR) is 119 cm³/mol. The number of nitrogens with one attached hydrogen (secondary N) is 1. The Labute approximate surface area is 193 Å². The van der Waals surface area contributed by atoms with Crippen LogP contribution in [0, 0.1) is 17.3 Å². The molecule has 4 rings (SSSR count). The Morgan fingerprint density at radius 3 is 2.42 bits per heavy atom. The van der Waals surface area contributed by atoms with Gasteiger partial charge in [0.2, 0.25) is 11.8 Å². The van der Waals surface area contributed by atoms with Crippen molar-refractivity contribution in [2.24, 2.45) is 17.3 Å². The maximum absolute atomic E-state index is 13.5. The highest BCUT2D eigenvalue weighted by molar-refractivity contribution is 5.92. The highest BCUT2D eigenvalue weighted by atomic mass is 16.5. The van der Waals surface area contributed by atoms with Crippen LogP contribution in [-0.4, -0.2) is 90.5 Å². The van der Waals surface area contributed by atoms with Crippen molar-refractivity contribution in [2.75, 3.05) is 51.3 Å². The molecule has 1 spiro atoms. The van der Waals surface area contributed by atoms with E-state index in [1.807, 2.05) is 30.3 Å². The van der Waals surface area contributed by atoms with Gasteiger partial charge in [0.1, 0.15) is 6.04 Å². The molecule has 0 bridgehead atoms. The van der Waals surface area contributed by atoms with Gasteiger partial charge in [0.05, 0.1) is 5.92 Å². The SMILES string of the molecule is COCCC1CC12C[C@H](C(=O)NO)[C@@H](C(=O)N1CCN(c3ccccc3)CC1)N(C(=O)O)C2. The molecule has 2 unspecified atom stereocenters. The fourth-order valence-electron chi connectivity index (χ4n) is 5.63. The van der Waals surface area contributed by atoms with E-state index < -0.39 is 24.0 Å². The van der Waals surface area contributed by atoms with Crippen LogP contribution in [0.1, 0.15) is 19.3 Å². The van der Waals surface area contributed by atoms with Gasteiger partial charge in [-0.1, -0.05) is 18.2 Å². The van der Waals surface area contributed by atoms with Crippen molar-refractivity contribution in [1.82, 2.24) is 15.3 Å². The molecule has 3 N–H and O–H groups in total. The number of amides is 3. The first-order valence-electron chi connectivity index (χ1n) is 11.4. The number of rotatable bonds is 6. The summed E-state index contributed by atoms with van der Waals surface area (Å²) < 4.78 is 5.16. The second kappa shape index (κ2) is 9.56. The molecular weight excluding hydrogens is 428 g/mol. The third kappa shape index (κ3) is 4.63. The molecule has 1 aromatic carbocycles. The Morgan fingerprint density at radius 2 is 1.82 bits per heavy atom. The molecule has 0 radical (unpaired) electrons. The number of benzene rings is 1. The maximum Gasteiger partial charge on any atom is 0.408 e. The van der Waals surface area contributed by atoms with Gasteiger partial charge in [0, 0.05) is 52.1 Å². The molecule has 10 nitrogen and oxygen atoms in total. The second-order valence-electron chi connectivity index (χ2n) is 9.33. The minimum absolute atomic E-state index is 0.215. The van der Waals surface area contributed by atoms with E-state index >= 15 is 0 Å². The lowest BCUT2D eigenvalue weighted by atomic mass is 9.78. The first kappa shape index (κ1) is 23.3. The first-order valence-corrected chi connectivity index (χ1v) is 11.4. The number of hydrogen-bond donors (Lipinski definition) is 3. The third-order valence-corrected chi connectivity index (χ3v) is 7.52. The molecule has 2 heterocycles. The monoisotopic (exact) mass is 460 g/mol. The second-order valence-corrected chi connectivity index (χ2v) is 9.33. The van der Waals surface area contributed by atoms with E-state index in [2.05, 4.69) is 4.90 Å². The number of piperidine rings is 1. The quantitative estimate of drug-likeness (QED) is 0.431. The van der Waals surface area contributed by atoms with Gasteiger partial charge < -0.3 is 19.6 Å². The highest BCUT2D eigenvalue weighted by Gasteiger charge is 2.62. The van der Waals surface area contributed by atoms with Crippen LogP contribution >= 0.6 is 0 Å². The number of carbonyl (C=O) groups excluding carboxylic acids is 2. The fourth-order valence-corrected chi connectivity index (χ4v) is 5.63. The summed E-state index contributed by atoms with van der Waals surface area (Å²) in [6, 6.07) is 8.76. The van der Waals surface area contributed by atoms with Gasteiger partial charge in [0.15, 0.2) is 0 Å². The summed E-state index contributed by atoms with van der Waals surface area (Å²) in [7, 11) is 1.62. The zero-order valence-electron chi connectivity index (χ0n) is 18.9. The van der Waals surface area contributed by atoms with Crippen LogP contribution < -0.4 is 10.4 Å². The number of nitrogens with zero attached hydrogens (tertiary/aromatic N) is 3. The van der Waals surface area contributed by atoms with E-state index in [1.165, 1.54) is 0 Å². The maximum atomic E-state index is 13.5. The Balaban J connectivity index is 1.50. The van der Waals surface area contributed by atoms with Gasteiger partial charge in [-0.2, -0.15) is 0 Å². The Bertz CT molecular complexity index is 875. The van der Waals surface area contributed by atoms with Gasteiger partial charge in [-0.15, -0.1) is 0 Å². The molecule has 2 saturated heterocycles. The summed E-state index contributed by atoms with van der Waals surface area (Å²) in [6.45, 7) is 2.89. The molecule has 3 fully saturated rings. The molecule has 4 atom stereocenters. The van der Waals surface area contributed by atoms with Gasteiger partial charge in [0.25, 0.3) is 0 Å². The van der Waals surface area contributed by atoms with Crippen LogP contribution in [0.3, 0.4) is 0 Å². The number of para-hydroxylation sites is 1. The van der Waals surface area contributed by atoms with Crippen molar-refractivity contribution in [1.29, 1.82) is 0 Å². The normalized spacial score (nSPS) is 29.2. The number of hydrogen-bond acceptors (Lipinski definition) is 6. The number of carbonyl (C=O) groups is 3. The fraction of sp³-hybridized carbons (Fsp3) is 0.609. The van der Waals surface area contributed by atoms with Gasteiger partial charge in [-0.3, -0.25) is 19.7 Å². The lowest BCUT2D eigenvalue weighted by Gasteiger charge is -2.45. The van der Waals surface area contributed by atoms with Crippen LogP contribution in [-0.2, 0) is 14.3 Å². The zero-order chi connectivity index (χ0) is 23.6. The Kier molecular flexibility index (Phi) is 6.76. The van der Waals surface area contributed by atoms with E-state index in [-0.39, 0.29) is 23.8 Å². The molecule has 2 aliphatic heterocycles. The predicted octanol–water partition coefficient (Wildman–Crippen LogP) is 1.25. The summed E-state index contributed by atoms with van der Waals surface area (Å²) in [4.78, 5) is 43.3. The minimum Gasteiger partial charge on any atom is -0.465 e. The molecule has 1 saturated carbocycles. The number of carboxylic acid groups (broad SMARTS) is 1. The van der Waals surface area contributed by atoms with Crippen LogP contribution in [0.15, 0.2) is 30.3 Å². The van der Waals surface area contributed by atoms with Gasteiger partial charge >= 0.3 is 6.09 Å². The van der Waals surface area contributed by atoms with Crippen LogP contribution in [0.5, 0.6) is 0 Å². The average Bonchev–Trinajstić information content (AvgIpc) is 3.52. The zero-order valence-corrected chi connectivity index (χ0v) is 18.9.